The summed E-state index contributed by atoms with van der Waals surface area (Å²) in [5.74, 6) is 0. The Balaban J connectivity index is 1.68. The van der Waals surface area contributed by atoms with Crippen molar-refractivity contribution in [1.82, 2.24) is 5.32 Å². The number of hydrogen-bond acceptors (Lipinski definition) is 1. The summed E-state index contributed by atoms with van der Waals surface area (Å²) in [6.07, 6.45) is 22.6. The second-order valence-electron chi connectivity index (χ2n) is 7.94. The minimum Gasteiger partial charge on any atom is -0.317 e. The van der Waals surface area contributed by atoms with Gasteiger partial charge in [0.25, 0.3) is 0 Å². The number of hydrogen-bond donors (Lipinski definition) is 1. The van der Waals surface area contributed by atoms with Crippen LogP contribution in [-0.4, -0.2) is 13.1 Å². The predicted octanol–water partition coefficient (Wildman–Crippen LogP) is 7.69. The van der Waals surface area contributed by atoms with Gasteiger partial charge in [-0.1, -0.05) is 121 Å². The van der Waals surface area contributed by atoms with Gasteiger partial charge in [-0.25, -0.2) is 0 Å². The molecule has 26 heavy (non-hydrogen) atoms. The summed E-state index contributed by atoms with van der Waals surface area (Å²) in [6.45, 7) is 4.66. The van der Waals surface area contributed by atoms with Gasteiger partial charge in [0, 0.05) is 0 Å². The topological polar surface area (TPSA) is 12.0 Å². The Labute approximate surface area is 164 Å². The van der Waals surface area contributed by atoms with E-state index in [9.17, 15) is 0 Å². The molecule has 0 spiro atoms. The number of aryl methyl sites for hydroxylation is 1. The van der Waals surface area contributed by atoms with Gasteiger partial charge < -0.3 is 5.32 Å². The van der Waals surface area contributed by atoms with Gasteiger partial charge in [-0.2, -0.15) is 0 Å². The predicted molar refractivity (Wildman–Crippen MR) is 118 cm³/mol. The maximum absolute atomic E-state index is 3.60. The first-order valence-corrected chi connectivity index (χ1v) is 11.7. The fourth-order valence-electron chi connectivity index (χ4n) is 3.63. The molecule has 0 saturated carbocycles. The molecule has 0 aliphatic rings. The molecule has 1 aromatic carbocycles. The van der Waals surface area contributed by atoms with E-state index < -0.39 is 0 Å². The summed E-state index contributed by atoms with van der Waals surface area (Å²) in [6, 6.07) is 10.8. The molecule has 0 aliphatic carbocycles. The molecule has 0 amide bonds. The van der Waals surface area contributed by atoms with Gasteiger partial charge in [-0.15, -0.1) is 0 Å². The highest BCUT2D eigenvalue weighted by Gasteiger charge is 1.95. The Morgan fingerprint density at radius 3 is 1.54 bits per heavy atom. The molecule has 1 rings (SSSR count). The fourth-order valence-corrected chi connectivity index (χ4v) is 3.63. The maximum atomic E-state index is 3.60. The zero-order chi connectivity index (χ0) is 18.5. The minimum atomic E-state index is 1.16. The van der Waals surface area contributed by atoms with Crippen molar-refractivity contribution in [2.75, 3.05) is 13.1 Å². The van der Waals surface area contributed by atoms with Crippen LogP contribution in [0.2, 0.25) is 0 Å². The van der Waals surface area contributed by atoms with E-state index in [1.807, 2.05) is 0 Å². The summed E-state index contributed by atoms with van der Waals surface area (Å²) >= 11 is 0. The average molecular weight is 360 g/mol. The van der Waals surface area contributed by atoms with Crippen LogP contribution in [-0.2, 0) is 6.42 Å². The van der Waals surface area contributed by atoms with Crippen molar-refractivity contribution in [2.24, 2.45) is 0 Å². The third-order valence-electron chi connectivity index (χ3n) is 5.37. The van der Waals surface area contributed by atoms with Crippen molar-refractivity contribution < 1.29 is 0 Å². The number of unbranched alkanes of at least 4 members (excludes halogenated alkanes) is 13. The van der Waals surface area contributed by atoms with Gasteiger partial charge in [0.15, 0.2) is 0 Å². The van der Waals surface area contributed by atoms with Crippen LogP contribution in [0, 0.1) is 0 Å². The molecule has 1 aromatic rings. The highest BCUT2D eigenvalue weighted by Crippen LogP contribution is 2.12. The Morgan fingerprint density at radius 2 is 1.00 bits per heavy atom. The average Bonchev–Trinajstić information content (AvgIpc) is 2.68. The molecule has 0 fully saturated rings. The van der Waals surface area contributed by atoms with Crippen LogP contribution < -0.4 is 5.32 Å². The van der Waals surface area contributed by atoms with Gasteiger partial charge >= 0.3 is 0 Å². The lowest BCUT2D eigenvalue weighted by Gasteiger charge is -2.05. The summed E-state index contributed by atoms with van der Waals surface area (Å²) in [4.78, 5) is 0. The molecule has 0 atom stereocenters. The van der Waals surface area contributed by atoms with E-state index in [0.29, 0.717) is 0 Å². The van der Waals surface area contributed by atoms with Gasteiger partial charge in [0.1, 0.15) is 0 Å². The van der Waals surface area contributed by atoms with E-state index in [4.69, 9.17) is 0 Å². The highest BCUT2D eigenvalue weighted by molar-refractivity contribution is 5.14. The molecule has 150 valence electrons. The monoisotopic (exact) mass is 359 g/mol. The molecule has 0 aliphatic heterocycles. The lowest BCUT2D eigenvalue weighted by Crippen LogP contribution is -2.17. The quantitative estimate of drug-likeness (QED) is 0.250. The van der Waals surface area contributed by atoms with Crippen molar-refractivity contribution in [2.45, 2.75) is 110 Å². The molecule has 0 radical (unpaired) electrons. The first-order valence-electron chi connectivity index (χ1n) is 11.7. The Morgan fingerprint density at radius 1 is 0.538 bits per heavy atom. The molecule has 1 N–H and O–H groups in total. The van der Waals surface area contributed by atoms with Crippen LogP contribution in [0.1, 0.15) is 109 Å². The number of nitrogens with one attached hydrogen (secondary N) is 1. The summed E-state index contributed by atoms with van der Waals surface area (Å²) in [5.41, 5.74) is 1.46. The van der Waals surface area contributed by atoms with Gasteiger partial charge in [-0.05, 0) is 37.9 Å². The Hall–Kier alpha value is -0.820. The maximum Gasteiger partial charge on any atom is -0.00457 e. The van der Waals surface area contributed by atoms with E-state index in [1.54, 1.807) is 0 Å². The minimum absolute atomic E-state index is 1.16. The molecular formula is C25H45N. The van der Waals surface area contributed by atoms with E-state index in [-0.39, 0.29) is 0 Å². The molecule has 0 bridgehead atoms. The number of benzene rings is 1. The van der Waals surface area contributed by atoms with Crippen molar-refractivity contribution in [3.63, 3.8) is 0 Å². The van der Waals surface area contributed by atoms with Crippen LogP contribution in [0.25, 0.3) is 0 Å². The van der Waals surface area contributed by atoms with Crippen molar-refractivity contribution in [1.29, 1.82) is 0 Å². The second kappa shape index (κ2) is 19.0. The molecule has 0 saturated heterocycles. The second-order valence-corrected chi connectivity index (χ2v) is 7.94. The lowest BCUT2D eigenvalue weighted by molar-refractivity contribution is 0.528. The zero-order valence-electron chi connectivity index (χ0n) is 17.6. The third-order valence-corrected chi connectivity index (χ3v) is 5.37. The van der Waals surface area contributed by atoms with Crippen LogP contribution in [0.15, 0.2) is 30.3 Å². The number of rotatable bonds is 19. The first kappa shape index (κ1) is 23.2. The van der Waals surface area contributed by atoms with Gasteiger partial charge in [0.05, 0.1) is 0 Å². The first-order chi connectivity index (χ1) is 12.9. The van der Waals surface area contributed by atoms with Crippen molar-refractivity contribution >= 4 is 0 Å². The SMILES string of the molecule is CCCCCCCCCCCCCCCCNCCCc1ccccc1. The summed E-state index contributed by atoms with van der Waals surface area (Å²) < 4.78 is 0. The summed E-state index contributed by atoms with van der Waals surface area (Å²) in [5, 5.41) is 3.60. The molecular weight excluding hydrogens is 314 g/mol. The zero-order valence-corrected chi connectivity index (χ0v) is 17.6. The fraction of sp³-hybridized carbons (Fsp3) is 0.760. The van der Waals surface area contributed by atoms with E-state index in [0.717, 1.165) is 6.54 Å². The normalized spacial score (nSPS) is 11.1. The van der Waals surface area contributed by atoms with Crippen LogP contribution in [0.3, 0.4) is 0 Å². The van der Waals surface area contributed by atoms with E-state index >= 15 is 0 Å². The van der Waals surface area contributed by atoms with Crippen molar-refractivity contribution in [3.05, 3.63) is 35.9 Å². The largest absolute Gasteiger partial charge is 0.317 e. The lowest BCUT2D eigenvalue weighted by atomic mass is 10.0. The molecule has 1 nitrogen and oxygen atoms in total. The van der Waals surface area contributed by atoms with Gasteiger partial charge in [-0.3, -0.25) is 0 Å². The summed E-state index contributed by atoms with van der Waals surface area (Å²) in [7, 11) is 0. The van der Waals surface area contributed by atoms with Crippen LogP contribution >= 0.6 is 0 Å². The Bertz CT molecular complexity index is 373. The van der Waals surface area contributed by atoms with E-state index in [2.05, 4.69) is 42.6 Å². The third kappa shape index (κ3) is 15.4. The van der Waals surface area contributed by atoms with Crippen LogP contribution in [0.4, 0.5) is 0 Å². The smallest absolute Gasteiger partial charge is 0.00457 e. The molecule has 0 unspecified atom stereocenters. The molecule has 1 heteroatoms. The molecule has 0 heterocycles. The van der Waals surface area contributed by atoms with Gasteiger partial charge in [0.2, 0.25) is 0 Å². The van der Waals surface area contributed by atoms with E-state index in [1.165, 1.54) is 115 Å². The molecule has 0 aromatic heterocycles. The highest BCUT2D eigenvalue weighted by atomic mass is 14.8. The Kier molecular flexibility index (Phi) is 16.9. The van der Waals surface area contributed by atoms with Crippen molar-refractivity contribution in [3.8, 4) is 0 Å². The standard InChI is InChI=1S/C25H45N/c1-2-3-4-5-6-7-8-9-10-11-12-13-14-18-23-26-24-19-22-25-20-16-15-17-21-25/h15-17,20-21,26H,2-14,18-19,22-24H2,1H3. The van der Waals surface area contributed by atoms with Crippen LogP contribution in [0.5, 0.6) is 0 Å².